The van der Waals surface area contributed by atoms with Crippen LogP contribution in [-0.2, 0) is 14.3 Å². The van der Waals surface area contributed by atoms with Crippen LogP contribution in [0.15, 0.2) is 48.5 Å². The SMILES string of the molecule is CCOC(=O)c1ccccc1NC(=O)C(=O)Nc1ccc(N(C)C)cc1. The van der Waals surface area contributed by atoms with Gasteiger partial charge in [-0.1, -0.05) is 12.1 Å². The molecule has 2 N–H and O–H groups in total. The van der Waals surface area contributed by atoms with E-state index < -0.39 is 17.8 Å². The predicted molar refractivity (Wildman–Crippen MR) is 100 cm³/mol. The van der Waals surface area contributed by atoms with Gasteiger partial charge in [-0.25, -0.2) is 4.79 Å². The molecule has 0 saturated heterocycles. The van der Waals surface area contributed by atoms with E-state index in [1.165, 1.54) is 12.1 Å². The van der Waals surface area contributed by atoms with Gasteiger partial charge in [0.15, 0.2) is 0 Å². The van der Waals surface area contributed by atoms with Gasteiger partial charge in [0, 0.05) is 25.5 Å². The van der Waals surface area contributed by atoms with Crippen molar-refractivity contribution in [3.8, 4) is 0 Å². The van der Waals surface area contributed by atoms with Crippen LogP contribution in [0, 0.1) is 0 Å². The summed E-state index contributed by atoms with van der Waals surface area (Å²) in [6.45, 7) is 1.90. The monoisotopic (exact) mass is 355 g/mol. The van der Waals surface area contributed by atoms with Crippen LogP contribution in [0.4, 0.5) is 17.1 Å². The molecule has 2 rings (SSSR count). The summed E-state index contributed by atoms with van der Waals surface area (Å²) in [6, 6.07) is 13.4. The van der Waals surface area contributed by atoms with Crippen LogP contribution < -0.4 is 15.5 Å². The normalized spacial score (nSPS) is 9.96. The third-order valence-electron chi connectivity index (χ3n) is 3.52. The summed E-state index contributed by atoms with van der Waals surface area (Å²) < 4.78 is 4.94. The second-order valence-electron chi connectivity index (χ2n) is 5.62. The molecule has 0 aliphatic heterocycles. The van der Waals surface area contributed by atoms with E-state index in [-0.39, 0.29) is 17.9 Å². The van der Waals surface area contributed by atoms with E-state index in [9.17, 15) is 14.4 Å². The topological polar surface area (TPSA) is 87.7 Å². The van der Waals surface area contributed by atoms with Crippen molar-refractivity contribution in [2.75, 3.05) is 36.2 Å². The van der Waals surface area contributed by atoms with Gasteiger partial charge in [-0.15, -0.1) is 0 Å². The molecule has 2 amide bonds. The Morgan fingerprint density at radius 1 is 0.923 bits per heavy atom. The van der Waals surface area contributed by atoms with Crippen molar-refractivity contribution in [1.82, 2.24) is 0 Å². The van der Waals surface area contributed by atoms with Gasteiger partial charge in [0.2, 0.25) is 0 Å². The van der Waals surface area contributed by atoms with E-state index in [1.807, 2.05) is 31.1 Å². The molecule has 0 aliphatic rings. The van der Waals surface area contributed by atoms with Crippen molar-refractivity contribution in [2.24, 2.45) is 0 Å². The number of nitrogens with one attached hydrogen (secondary N) is 2. The Morgan fingerprint density at radius 3 is 2.15 bits per heavy atom. The molecule has 2 aromatic rings. The smallest absolute Gasteiger partial charge is 0.340 e. The standard InChI is InChI=1S/C19H21N3O4/c1-4-26-19(25)15-7-5-6-8-16(15)21-18(24)17(23)20-13-9-11-14(12-10-13)22(2)3/h5-12H,4H2,1-3H3,(H,20,23)(H,21,24). The highest BCUT2D eigenvalue weighted by Gasteiger charge is 2.18. The Hall–Kier alpha value is -3.35. The molecule has 7 heteroatoms. The highest BCUT2D eigenvalue weighted by molar-refractivity contribution is 6.43. The van der Waals surface area contributed by atoms with Gasteiger partial charge in [-0.3, -0.25) is 9.59 Å². The number of carbonyl (C=O) groups is 3. The molecule has 0 saturated carbocycles. The summed E-state index contributed by atoms with van der Waals surface area (Å²) in [4.78, 5) is 38.1. The molecule has 26 heavy (non-hydrogen) atoms. The molecule has 0 aromatic heterocycles. The molecule has 0 aliphatic carbocycles. The van der Waals surface area contributed by atoms with Gasteiger partial charge in [-0.2, -0.15) is 0 Å². The van der Waals surface area contributed by atoms with Crippen molar-refractivity contribution in [3.05, 3.63) is 54.1 Å². The molecule has 0 fully saturated rings. The Bertz CT molecular complexity index is 801. The fourth-order valence-electron chi connectivity index (χ4n) is 2.19. The lowest BCUT2D eigenvalue weighted by Crippen LogP contribution is -2.29. The average molecular weight is 355 g/mol. The van der Waals surface area contributed by atoms with E-state index in [1.54, 1.807) is 31.2 Å². The molecule has 0 unspecified atom stereocenters. The summed E-state index contributed by atoms with van der Waals surface area (Å²) in [7, 11) is 3.81. The maximum absolute atomic E-state index is 12.1. The molecule has 7 nitrogen and oxygen atoms in total. The van der Waals surface area contributed by atoms with Crippen LogP contribution in [0.25, 0.3) is 0 Å². The summed E-state index contributed by atoms with van der Waals surface area (Å²) >= 11 is 0. The van der Waals surface area contributed by atoms with E-state index in [0.29, 0.717) is 5.69 Å². The predicted octanol–water partition coefficient (Wildman–Crippen LogP) is 2.51. The number of ether oxygens (including phenoxy) is 1. The highest BCUT2D eigenvalue weighted by atomic mass is 16.5. The van der Waals surface area contributed by atoms with Crippen molar-refractivity contribution in [2.45, 2.75) is 6.92 Å². The lowest BCUT2D eigenvalue weighted by Gasteiger charge is -2.13. The summed E-state index contributed by atoms with van der Waals surface area (Å²) in [5.74, 6) is -2.28. The first-order valence-electron chi connectivity index (χ1n) is 8.08. The molecular weight excluding hydrogens is 334 g/mol. The third kappa shape index (κ3) is 4.83. The summed E-state index contributed by atoms with van der Waals surface area (Å²) in [6.07, 6.45) is 0. The second-order valence-corrected chi connectivity index (χ2v) is 5.62. The average Bonchev–Trinajstić information content (AvgIpc) is 2.62. The Morgan fingerprint density at radius 2 is 1.54 bits per heavy atom. The zero-order valence-corrected chi connectivity index (χ0v) is 14.9. The summed E-state index contributed by atoms with van der Waals surface area (Å²) in [5.41, 5.74) is 1.87. The van der Waals surface area contributed by atoms with Gasteiger partial charge < -0.3 is 20.3 Å². The number of amides is 2. The zero-order chi connectivity index (χ0) is 19.1. The Kier molecular flexibility index (Phi) is 6.32. The number of rotatable bonds is 5. The lowest BCUT2D eigenvalue weighted by atomic mass is 10.2. The number of nitrogens with zero attached hydrogens (tertiary/aromatic N) is 1. The van der Waals surface area contributed by atoms with Gasteiger partial charge in [-0.05, 0) is 43.3 Å². The molecular formula is C19H21N3O4. The van der Waals surface area contributed by atoms with Crippen molar-refractivity contribution in [1.29, 1.82) is 0 Å². The molecule has 0 radical (unpaired) electrons. The van der Waals surface area contributed by atoms with Gasteiger partial charge in [0.05, 0.1) is 17.9 Å². The van der Waals surface area contributed by atoms with Gasteiger partial charge >= 0.3 is 17.8 Å². The maximum Gasteiger partial charge on any atom is 0.340 e. The number of carbonyl (C=O) groups excluding carboxylic acids is 3. The van der Waals surface area contributed by atoms with Crippen LogP contribution >= 0.6 is 0 Å². The molecule has 136 valence electrons. The number of para-hydroxylation sites is 1. The van der Waals surface area contributed by atoms with Crippen LogP contribution in [0.1, 0.15) is 17.3 Å². The Balaban J connectivity index is 2.05. The first kappa shape index (κ1) is 19.0. The maximum atomic E-state index is 12.1. The molecule has 2 aromatic carbocycles. The van der Waals surface area contributed by atoms with Crippen LogP contribution in [0.2, 0.25) is 0 Å². The number of anilines is 3. The fraction of sp³-hybridized carbons (Fsp3) is 0.211. The van der Waals surface area contributed by atoms with E-state index >= 15 is 0 Å². The van der Waals surface area contributed by atoms with Crippen molar-refractivity contribution < 1.29 is 19.1 Å². The van der Waals surface area contributed by atoms with Crippen molar-refractivity contribution >= 4 is 34.8 Å². The van der Waals surface area contributed by atoms with E-state index in [4.69, 9.17) is 4.74 Å². The van der Waals surface area contributed by atoms with Gasteiger partial charge in [0.25, 0.3) is 0 Å². The zero-order valence-electron chi connectivity index (χ0n) is 14.9. The minimum absolute atomic E-state index is 0.186. The van der Waals surface area contributed by atoms with Crippen LogP contribution in [0.5, 0.6) is 0 Å². The fourth-order valence-corrected chi connectivity index (χ4v) is 2.19. The number of hydrogen-bond donors (Lipinski definition) is 2. The molecule has 0 atom stereocenters. The van der Waals surface area contributed by atoms with E-state index in [2.05, 4.69) is 10.6 Å². The first-order valence-corrected chi connectivity index (χ1v) is 8.08. The largest absolute Gasteiger partial charge is 0.462 e. The molecule has 0 bridgehead atoms. The minimum Gasteiger partial charge on any atom is -0.462 e. The highest BCUT2D eigenvalue weighted by Crippen LogP contribution is 2.17. The molecule has 0 heterocycles. The lowest BCUT2D eigenvalue weighted by molar-refractivity contribution is -0.133. The van der Waals surface area contributed by atoms with E-state index in [0.717, 1.165) is 5.69 Å². The number of hydrogen-bond acceptors (Lipinski definition) is 5. The number of benzene rings is 2. The second kappa shape index (κ2) is 8.66. The summed E-state index contributed by atoms with van der Waals surface area (Å²) in [5, 5.41) is 4.96. The first-order chi connectivity index (χ1) is 12.4. The van der Waals surface area contributed by atoms with Crippen molar-refractivity contribution in [3.63, 3.8) is 0 Å². The minimum atomic E-state index is -0.876. The Labute approximate surface area is 152 Å². The number of esters is 1. The third-order valence-corrected chi connectivity index (χ3v) is 3.52. The molecule has 0 spiro atoms. The quantitative estimate of drug-likeness (QED) is 0.636. The van der Waals surface area contributed by atoms with Crippen LogP contribution in [-0.4, -0.2) is 38.5 Å². The van der Waals surface area contributed by atoms with Gasteiger partial charge in [0.1, 0.15) is 0 Å². The van der Waals surface area contributed by atoms with Crippen LogP contribution in [0.3, 0.4) is 0 Å².